The second kappa shape index (κ2) is 10.3. The fourth-order valence-electron chi connectivity index (χ4n) is 4.77. The number of nitrogens with zero attached hydrogens (tertiary/aromatic N) is 3. The van der Waals surface area contributed by atoms with Crippen LogP contribution in [-0.2, 0) is 28.4 Å². The smallest absolute Gasteiger partial charge is 0.219 e. The summed E-state index contributed by atoms with van der Waals surface area (Å²) >= 11 is 0. The number of allylic oxidation sites excluding steroid dienone is 1. The zero-order valence-electron chi connectivity index (χ0n) is 22.0. The molecular formula is C29H26F2N4O4S. The predicted molar refractivity (Wildman–Crippen MR) is 147 cm³/mol. The molecular weight excluding hydrogens is 538 g/mol. The van der Waals surface area contributed by atoms with Gasteiger partial charge in [-0.15, -0.1) is 0 Å². The molecule has 11 heteroatoms. The lowest BCUT2D eigenvalue weighted by Gasteiger charge is -2.11. The molecule has 0 bridgehead atoms. The highest BCUT2D eigenvalue weighted by molar-refractivity contribution is 7.89. The number of rotatable bonds is 8. The maximum absolute atomic E-state index is 14.0. The van der Waals surface area contributed by atoms with Gasteiger partial charge in [0.15, 0.2) is 27.3 Å². The monoisotopic (exact) mass is 564 g/mol. The number of nitrogen functional groups attached to an aromatic ring is 1. The molecule has 0 radical (unpaired) electrons. The minimum Gasteiger partial charge on any atom is -0.433 e. The number of halogens is 2. The molecule has 0 fully saturated rings. The Hall–Kier alpha value is -4.38. The van der Waals surface area contributed by atoms with Crippen LogP contribution in [0.4, 0.5) is 14.6 Å². The number of aromatic nitrogens is 3. The van der Waals surface area contributed by atoms with Crippen molar-refractivity contribution >= 4 is 27.5 Å². The van der Waals surface area contributed by atoms with Crippen molar-refractivity contribution < 1.29 is 26.7 Å². The molecule has 1 aliphatic rings. The van der Waals surface area contributed by atoms with Gasteiger partial charge in [-0.1, -0.05) is 25.1 Å². The molecule has 1 aliphatic carbocycles. The van der Waals surface area contributed by atoms with E-state index in [9.17, 15) is 22.0 Å². The number of hydrogen-bond donors (Lipinski definition) is 1. The van der Waals surface area contributed by atoms with Crippen LogP contribution >= 0.6 is 0 Å². The molecule has 40 heavy (non-hydrogen) atoms. The van der Waals surface area contributed by atoms with Crippen molar-refractivity contribution in [2.45, 2.75) is 32.4 Å². The highest BCUT2D eigenvalue weighted by Gasteiger charge is 2.26. The number of sulfone groups is 1. The largest absolute Gasteiger partial charge is 0.433 e. The van der Waals surface area contributed by atoms with Crippen molar-refractivity contribution in [3.63, 3.8) is 0 Å². The lowest BCUT2D eigenvalue weighted by atomic mass is 9.98. The summed E-state index contributed by atoms with van der Waals surface area (Å²) in [7, 11) is -3.21. The van der Waals surface area contributed by atoms with E-state index in [1.807, 2.05) is 19.1 Å². The summed E-state index contributed by atoms with van der Waals surface area (Å²) in [5.74, 6) is -2.54. The lowest BCUT2D eigenvalue weighted by Crippen LogP contribution is -2.09. The van der Waals surface area contributed by atoms with Crippen molar-refractivity contribution in [1.29, 1.82) is 0 Å². The van der Waals surface area contributed by atoms with Crippen LogP contribution in [0.15, 0.2) is 54.4 Å². The molecule has 5 rings (SSSR count). The highest BCUT2D eigenvalue weighted by Crippen LogP contribution is 2.33. The van der Waals surface area contributed by atoms with E-state index >= 15 is 0 Å². The van der Waals surface area contributed by atoms with Gasteiger partial charge in [-0.3, -0.25) is 4.79 Å². The summed E-state index contributed by atoms with van der Waals surface area (Å²) in [5, 5.41) is 4.29. The van der Waals surface area contributed by atoms with Gasteiger partial charge in [0, 0.05) is 24.3 Å². The number of para-hydroxylation sites is 1. The molecule has 0 unspecified atom stereocenters. The van der Waals surface area contributed by atoms with E-state index in [1.54, 1.807) is 13.0 Å². The molecule has 0 spiro atoms. The molecule has 2 N–H and O–H groups in total. The number of carbonyl (C=O) groups excluding carboxylic acids is 1. The van der Waals surface area contributed by atoms with Gasteiger partial charge in [-0.05, 0) is 59.4 Å². The van der Waals surface area contributed by atoms with Crippen LogP contribution < -0.4 is 10.5 Å². The molecule has 0 atom stereocenters. The molecule has 206 valence electrons. The van der Waals surface area contributed by atoms with E-state index in [0.29, 0.717) is 29.7 Å². The molecule has 2 heterocycles. The van der Waals surface area contributed by atoms with Crippen molar-refractivity contribution in [2.75, 3.05) is 12.0 Å². The van der Waals surface area contributed by atoms with Crippen molar-refractivity contribution in [1.82, 2.24) is 14.8 Å². The maximum atomic E-state index is 14.0. The Kier molecular flexibility index (Phi) is 7.01. The molecule has 8 nitrogen and oxygen atoms in total. The number of anilines is 1. The summed E-state index contributed by atoms with van der Waals surface area (Å²) in [5.41, 5.74) is 11.6. The Morgan fingerprint density at radius 1 is 1.12 bits per heavy atom. The van der Waals surface area contributed by atoms with E-state index < -0.39 is 27.2 Å². The Labute approximate surface area is 230 Å². The number of benzene rings is 2. The highest BCUT2D eigenvalue weighted by atomic mass is 32.2. The molecule has 0 aliphatic heterocycles. The number of pyridine rings is 1. The Bertz CT molecular complexity index is 1790. The van der Waals surface area contributed by atoms with Gasteiger partial charge < -0.3 is 10.5 Å². The van der Waals surface area contributed by atoms with Crippen molar-refractivity contribution in [2.24, 2.45) is 0 Å². The summed E-state index contributed by atoms with van der Waals surface area (Å²) in [6.45, 7) is 3.68. The van der Waals surface area contributed by atoms with Gasteiger partial charge >= 0.3 is 0 Å². The number of Topliss-reactive ketones (excluding diaryl/α,β-unsaturated/α-hetero) is 1. The number of ketones is 1. The zero-order valence-corrected chi connectivity index (χ0v) is 22.9. The van der Waals surface area contributed by atoms with Gasteiger partial charge in [0.2, 0.25) is 11.6 Å². The summed E-state index contributed by atoms with van der Waals surface area (Å²) < 4.78 is 58.4. The first kappa shape index (κ1) is 27.2. The van der Waals surface area contributed by atoms with Crippen LogP contribution in [0.2, 0.25) is 0 Å². The average molecular weight is 565 g/mol. The number of carbonyl (C=O) groups is 1. The molecule has 0 saturated carbocycles. The number of aryl methyl sites for hydroxylation is 2. The zero-order chi connectivity index (χ0) is 28.8. The van der Waals surface area contributed by atoms with Crippen LogP contribution in [0.25, 0.3) is 11.8 Å². The number of fused-ring (bicyclic) bond motifs is 1. The fraction of sp³-hybridized carbons (Fsp3) is 0.207. The van der Waals surface area contributed by atoms with E-state index in [1.165, 1.54) is 35.5 Å². The molecule has 2 aromatic heterocycles. The Balaban J connectivity index is 1.39. The van der Waals surface area contributed by atoms with E-state index in [-0.39, 0.29) is 28.8 Å². The van der Waals surface area contributed by atoms with Gasteiger partial charge in [-0.25, -0.2) is 26.9 Å². The first-order valence-corrected chi connectivity index (χ1v) is 14.5. The normalized spacial score (nSPS) is 12.8. The van der Waals surface area contributed by atoms with E-state index in [2.05, 4.69) is 10.1 Å². The van der Waals surface area contributed by atoms with Gasteiger partial charge in [-0.2, -0.15) is 5.10 Å². The molecule has 4 aromatic rings. The summed E-state index contributed by atoms with van der Waals surface area (Å²) in [6, 6.07) is 8.69. The molecule has 0 amide bonds. The molecule has 0 saturated heterocycles. The standard InChI is InChI=1S/C29H26F2N4O4S/c1-4-17-9-18-10-20(11-19(18)12-21(17)15-40(3,37)38)27(36)22-13-34-35(29(22)32)25-14-33-26(8-16(25)2)39-28-23(30)6-5-7-24(28)31/h5-10,12-14H,4,11,15,32H2,1-3H3. The van der Waals surface area contributed by atoms with Gasteiger partial charge in [0.25, 0.3) is 0 Å². The lowest BCUT2D eigenvalue weighted by molar-refractivity contribution is 0.103. The number of ether oxygens (including phenoxy) is 1. The predicted octanol–water partition coefficient (Wildman–Crippen LogP) is 5.16. The molecule has 2 aromatic carbocycles. The van der Waals surface area contributed by atoms with Crippen LogP contribution in [0.3, 0.4) is 0 Å². The quantitative estimate of drug-likeness (QED) is 0.294. The SMILES string of the molecule is CCc1cc2c(cc1CS(C)(=O)=O)CC(C(=O)c1cnn(-c3cnc(Oc4c(F)cccc4F)cc3C)c1N)=C2. The summed E-state index contributed by atoms with van der Waals surface area (Å²) in [6.07, 6.45) is 6.79. The first-order chi connectivity index (χ1) is 18.9. The van der Waals surface area contributed by atoms with Crippen molar-refractivity contribution in [3.8, 4) is 17.3 Å². The maximum Gasteiger partial charge on any atom is 0.219 e. The minimum atomic E-state index is -3.21. The van der Waals surface area contributed by atoms with E-state index in [0.717, 1.165) is 34.4 Å². The minimum absolute atomic E-state index is 0.0251. The fourth-order valence-corrected chi connectivity index (χ4v) is 5.60. The Morgan fingerprint density at radius 2 is 1.85 bits per heavy atom. The average Bonchev–Trinajstić information content (AvgIpc) is 3.47. The van der Waals surface area contributed by atoms with E-state index in [4.69, 9.17) is 10.5 Å². The van der Waals surface area contributed by atoms with Crippen molar-refractivity contribution in [3.05, 3.63) is 99.4 Å². The topological polar surface area (TPSA) is 117 Å². The third-order valence-corrected chi connectivity index (χ3v) is 7.56. The van der Waals surface area contributed by atoms with Gasteiger partial charge in [0.1, 0.15) is 5.82 Å². The second-order valence-corrected chi connectivity index (χ2v) is 11.9. The van der Waals surface area contributed by atoms with Crippen LogP contribution in [0.5, 0.6) is 11.6 Å². The Morgan fingerprint density at radius 3 is 2.50 bits per heavy atom. The van der Waals surface area contributed by atoms with Crippen LogP contribution in [-0.4, -0.2) is 35.2 Å². The number of nitrogens with two attached hydrogens (primary N) is 1. The summed E-state index contributed by atoms with van der Waals surface area (Å²) in [4.78, 5) is 17.6. The third-order valence-electron chi connectivity index (χ3n) is 6.73. The first-order valence-electron chi connectivity index (χ1n) is 12.4. The van der Waals surface area contributed by atoms with Crippen LogP contribution in [0, 0.1) is 18.6 Å². The second-order valence-electron chi connectivity index (χ2n) is 9.74. The third kappa shape index (κ3) is 5.24. The van der Waals surface area contributed by atoms with Gasteiger partial charge in [0.05, 0.1) is 29.4 Å². The van der Waals surface area contributed by atoms with Crippen LogP contribution in [0.1, 0.15) is 45.1 Å². The number of hydrogen-bond acceptors (Lipinski definition) is 7.